The van der Waals surface area contributed by atoms with Crippen LogP contribution in [0, 0.1) is 0 Å². The standard InChI is InChI=1S/C22H31NO2S/c1-16(2)8-7-9-17(3)14-19(23)15-18(4)12-13-26-21-11-6-5-10-20(21)22(24)25/h5-6,8,10-12,14,19H,7,9,13,15,23H2,1-4H3,(H,24,25). The molecule has 1 aromatic rings. The fourth-order valence-electron chi connectivity index (χ4n) is 2.59. The van der Waals surface area contributed by atoms with Gasteiger partial charge in [-0.2, -0.15) is 0 Å². The number of hydrogen-bond donors (Lipinski definition) is 2. The van der Waals surface area contributed by atoms with Crippen LogP contribution in [0.4, 0.5) is 0 Å². The maximum atomic E-state index is 11.2. The van der Waals surface area contributed by atoms with E-state index in [0.29, 0.717) is 5.56 Å². The molecule has 0 radical (unpaired) electrons. The molecular weight excluding hydrogens is 342 g/mol. The van der Waals surface area contributed by atoms with Crippen molar-refractivity contribution >= 4 is 17.7 Å². The van der Waals surface area contributed by atoms with Crippen LogP contribution >= 0.6 is 11.8 Å². The van der Waals surface area contributed by atoms with Crippen LogP contribution in [-0.2, 0) is 0 Å². The van der Waals surface area contributed by atoms with Crippen molar-refractivity contribution in [1.82, 2.24) is 0 Å². The van der Waals surface area contributed by atoms with Gasteiger partial charge in [-0.25, -0.2) is 4.79 Å². The second kappa shape index (κ2) is 11.8. The zero-order valence-electron chi connectivity index (χ0n) is 16.3. The maximum Gasteiger partial charge on any atom is 0.336 e. The zero-order valence-corrected chi connectivity index (χ0v) is 17.1. The lowest BCUT2D eigenvalue weighted by Gasteiger charge is -2.10. The minimum absolute atomic E-state index is 0.0225. The number of hydrogen-bond acceptors (Lipinski definition) is 3. The van der Waals surface area contributed by atoms with Gasteiger partial charge in [-0.1, -0.05) is 47.1 Å². The molecule has 1 aromatic carbocycles. The molecule has 26 heavy (non-hydrogen) atoms. The summed E-state index contributed by atoms with van der Waals surface area (Å²) in [4.78, 5) is 12.0. The lowest BCUT2D eigenvalue weighted by Crippen LogP contribution is -2.17. The summed E-state index contributed by atoms with van der Waals surface area (Å²) in [6, 6.07) is 7.13. The van der Waals surface area contributed by atoms with Crippen LogP contribution in [0.5, 0.6) is 0 Å². The van der Waals surface area contributed by atoms with Gasteiger partial charge in [-0.05, 0) is 59.1 Å². The Hall–Kier alpha value is -1.78. The van der Waals surface area contributed by atoms with E-state index in [0.717, 1.165) is 29.9 Å². The summed E-state index contributed by atoms with van der Waals surface area (Å²) in [5.74, 6) is -0.143. The van der Waals surface area contributed by atoms with Gasteiger partial charge < -0.3 is 10.8 Å². The Morgan fingerprint density at radius 3 is 2.50 bits per heavy atom. The van der Waals surface area contributed by atoms with Crippen molar-refractivity contribution < 1.29 is 9.90 Å². The van der Waals surface area contributed by atoms with Crippen molar-refractivity contribution in [3.8, 4) is 0 Å². The van der Waals surface area contributed by atoms with Crippen molar-refractivity contribution in [2.24, 2.45) is 5.73 Å². The number of thioether (sulfide) groups is 1. The van der Waals surface area contributed by atoms with E-state index in [9.17, 15) is 9.90 Å². The van der Waals surface area contributed by atoms with Gasteiger partial charge in [-0.3, -0.25) is 0 Å². The highest BCUT2D eigenvalue weighted by atomic mass is 32.2. The number of allylic oxidation sites excluding steroid dienone is 3. The molecule has 0 aromatic heterocycles. The van der Waals surface area contributed by atoms with Gasteiger partial charge in [0.1, 0.15) is 0 Å². The normalized spacial score (nSPS) is 13.4. The first-order chi connectivity index (χ1) is 12.3. The van der Waals surface area contributed by atoms with Crippen molar-refractivity contribution in [3.05, 3.63) is 64.8 Å². The van der Waals surface area contributed by atoms with E-state index in [1.807, 2.05) is 12.1 Å². The fraction of sp³-hybridized carbons (Fsp3) is 0.409. The Morgan fingerprint density at radius 1 is 1.15 bits per heavy atom. The quantitative estimate of drug-likeness (QED) is 0.400. The predicted molar refractivity (Wildman–Crippen MR) is 113 cm³/mol. The fourth-order valence-corrected chi connectivity index (χ4v) is 3.63. The first-order valence-corrected chi connectivity index (χ1v) is 9.95. The molecule has 0 aliphatic rings. The highest BCUT2D eigenvalue weighted by Gasteiger charge is 2.08. The zero-order chi connectivity index (χ0) is 19.5. The second-order valence-electron chi connectivity index (χ2n) is 6.86. The molecule has 1 atom stereocenters. The van der Waals surface area contributed by atoms with Crippen LogP contribution in [0.2, 0.25) is 0 Å². The summed E-state index contributed by atoms with van der Waals surface area (Å²) in [5.41, 5.74) is 10.5. The van der Waals surface area contributed by atoms with E-state index in [1.165, 1.54) is 28.5 Å². The molecule has 0 bridgehead atoms. The van der Waals surface area contributed by atoms with Crippen molar-refractivity contribution in [1.29, 1.82) is 0 Å². The smallest absolute Gasteiger partial charge is 0.336 e. The molecule has 0 aliphatic heterocycles. The van der Waals surface area contributed by atoms with Gasteiger partial charge in [0, 0.05) is 16.7 Å². The van der Waals surface area contributed by atoms with Crippen molar-refractivity contribution in [2.75, 3.05) is 5.75 Å². The van der Waals surface area contributed by atoms with Gasteiger partial charge in [0.25, 0.3) is 0 Å². The Morgan fingerprint density at radius 2 is 1.85 bits per heavy atom. The molecule has 142 valence electrons. The first-order valence-electron chi connectivity index (χ1n) is 8.96. The summed E-state index contributed by atoms with van der Waals surface area (Å²) in [7, 11) is 0. The summed E-state index contributed by atoms with van der Waals surface area (Å²) < 4.78 is 0. The van der Waals surface area contributed by atoms with Crippen LogP contribution < -0.4 is 5.73 Å². The van der Waals surface area contributed by atoms with Crippen LogP contribution in [0.1, 0.15) is 57.3 Å². The van der Waals surface area contributed by atoms with E-state index < -0.39 is 5.97 Å². The van der Waals surface area contributed by atoms with Gasteiger partial charge in [0.05, 0.1) is 5.56 Å². The first kappa shape index (κ1) is 22.3. The molecule has 3 N–H and O–H groups in total. The molecule has 1 rings (SSSR count). The molecule has 0 amide bonds. The minimum Gasteiger partial charge on any atom is -0.478 e. The molecule has 0 aliphatic carbocycles. The molecule has 0 saturated carbocycles. The van der Waals surface area contributed by atoms with Gasteiger partial charge >= 0.3 is 5.97 Å². The number of rotatable bonds is 10. The van der Waals surface area contributed by atoms with E-state index >= 15 is 0 Å². The topological polar surface area (TPSA) is 63.3 Å². The Bertz CT molecular complexity index is 685. The number of carbonyl (C=O) groups is 1. The van der Waals surface area contributed by atoms with E-state index in [-0.39, 0.29) is 6.04 Å². The highest BCUT2D eigenvalue weighted by molar-refractivity contribution is 7.99. The molecule has 0 spiro atoms. The van der Waals surface area contributed by atoms with Gasteiger partial charge in [-0.15, -0.1) is 11.8 Å². The Labute approximate surface area is 162 Å². The van der Waals surface area contributed by atoms with Crippen molar-refractivity contribution in [2.45, 2.75) is 57.9 Å². The summed E-state index contributed by atoms with van der Waals surface area (Å²) in [5, 5.41) is 9.21. The van der Waals surface area contributed by atoms with E-state index in [1.54, 1.807) is 12.1 Å². The lowest BCUT2D eigenvalue weighted by atomic mass is 10.0. The number of aromatic carboxylic acids is 1. The second-order valence-corrected chi connectivity index (χ2v) is 7.93. The third kappa shape index (κ3) is 9.07. The van der Waals surface area contributed by atoms with Crippen LogP contribution in [0.15, 0.2) is 64.1 Å². The number of nitrogens with two attached hydrogens (primary N) is 1. The average Bonchev–Trinajstić information content (AvgIpc) is 2.54. The maximum absolute atomic E-state index is 11.2. The third-order valence-corrected chi connectivity index (χ3v) is 4.94. The molecule has 3 nitrogen and oxygen atoms in total. The molecular formula is C22H31NO2S. The number of carboxylic acids is 1. The SMILES string of the molecule is CC(C)=CCCC(C)=CC(N)CC(C)=CCSc1ccccc1C(=O)O. The third-order valence-electron chi connectivity index (χ3n) is 3.94. The summed E-state index contributed by atoms with van der Waals surface area (Å²) in [6.07, 6.45) is 9.47. The molecule has 0 fully saturated rings. The molecule has 4 heteroatoms. The Balaban J connectivity index is 2.50. The largest absolute Gasteiger partial charge is 0.478 e. The Kier molecular flexibility index (Phi) is 10.1. The highest BCUT2D eigenvalue weighted by Crippen LogP contribution is 2.23. The summed E-state index contributed by atoms with van der Waals surface area (Å²) in [6.45, 7) is 8.45. The summed E-state index contributed by atoms with van der Waals surface area (Å²) >= 11 is 1.54. The predicted octanol–water partition coefficient (Wildman–Crippen LogP) is 5.83. The number of carboxylic acid groups (broad SMARTS) is 1. The van der Waals surface area contributed by atoms with Crippen molar-refractivity contribution in [3.63, 3.8) is 0 Å². The van der Waals surface area contributed by atoms with Crippen LogP contribution in [0.3, 0.4) is 0 Å². The molecule has 0 saturated heterocycles. The minimum atomic E-state index is -0.885. The van der Waals surface area contributed by atoms with E-state index in [2.05, 4.69) is 45.9 Å². The van der Waals surface area contributed by atoms with E-state index in [4.69, 9.17) is 5.73 Å². The van der Waals surface area contributed by atoms with Gasteiger partial charge in [0.15, 0.2) is 0 Å². The molecule has 0 heterocycles. The van der Waals surface area contributed by atoms with Gasteiger partial charge in [0.2, 0.25) is 0 Å². The monoisotopic (exact) mass is 373 g/mol. The molecule has 1 unspecified atom stereocenters. The number of benzene rings is 1. The average molecular weight is 374 g/mol. The lowest BCUT2D eigenvalue weighted by molar-refractivity contribution is 0.0693. The van der Waals surface area contributed by atoms with Crippen LogP contribution in [-0.4, -0.2) is 22.9 Å². The van der Waals surface area contributed by atoms with Crippen LogP contribution in [0.25, 0.3) is 0 Å².